The summed E-state index contributed by atoms with van der Waals surface area (Å²) in [6.45, 7) is 7.16. The second kappa shape index (κ2) is 7.70. The first kappa shape index (κ1) is 20.4. The molecule has 2 aliphatic rings. The van der Waals surface area contributed by atoms with Gasteiger partial charge in [-0.25, -0.2) is 4.98 Å². The number of nitrogens with one attached hydrogen (secondary N) is 1. The van der Waals surface area contributed by atoms with Gasteiger partial charge in [0.05, 0.1) is 15.9 Å². The molecule has 7 heteroatoms. The number of hydrogen-bond acceptors (Lipinski definition) is 6. The molecule has 33 heavy (non-hydrogen) atoms. The average molecular weight is 459 g/mol. The molecule has 5 atom stereocenters. The fourth-order valence-electron chi connectivity index (χ4n) is 5.52. The van der Waals surface area contributed by atoms with Gasteiger partial charge in [-0.05, 0) is 49.3 Å². The molecule has 0 unspecified atom stereocenters. The number of amides is 1. The van der Waals surface area contributed by atoms with Gasteiger partial charge in [0.1, 0.15) is 11.2 Å². The highest BCUT2D eigenvalue weighted by Crippen LogP contribution is 2.56. The van der Waals surface area contributed by atoms with Gasteiger partial charge < -0.3 is 14.6 Å². The first-order chi connectivity index (χ1) is 16.0. The number of aromatic nitrogens is 2. The summed E-state index contributed by atoms with van der Waals surface area (Å²) >= 11 is 1.58. The van der Waals surface area contributed by atoms with Crippen LogP contribution in [0.15, 0.2) is 59.0 Å². The maximum atomic E-state index is 13.8. The summed E-state index contributed by atoms with van der Waals surface area (Å²) in [5.41, 5.74) is 3.19. The van der Waals surface area contributed by atoms with Gasteiger partial charge in [-0.3, -0.25) is 4.79 Å². The Morgan fingerprint density at radius 3 is 2.70 bits per heavy atom. The van der Waals surface area contributed by atoms with Crippen molar-refractivity contribution in [3.05, 3.63) is 65.3 Å². The summed E-state index contributed by atoms with van der Waals surface area (Å²) in [4.78, 5) is 26.1. The van der Waals surface area contributed by atoms with Crippen LogP contribution in [0.1, 0.15) is 29.3 Å². The van der Waals surface area contributed by atoms with Gasteiger partial charge in [-0.1, -0.05) is 49.4 Å². The number of piperidine rings is 1. The van der Waals surface area contributed by atoms with Crippen LogP contribution in [0, 0.1) is 24.7 Å². The maximum Gasteiger partial charge on any atom is 0.295 e. The second-order valence-electron chi connectivity index (χ2n) is 9.24. The molecule has 0 spiro atoms. The second-order valence-corrected chi connectivity index (χ2v) is 10.4. The SMILES string of the molecule is Cc1nc(C(=O)N2C[C@H]3[C@@H](C)[C@H]3[C@H]2[C@H](C)Nc2nc3ccccc3o2)c(-c2ccccc2)s1. The van der Waals surface area contributed by atoms with Gasteiger partial charge in [0.15, 0.2) is 5.58 Å². The zero-order valence-electron chi connectivity index (χ0n) is 18.9. The lowest BCUT2D eigenvalue weighted by Crippen LogP contribution is -2.48. The molecule has 168 valence electrons. The average Bonchev–Trinajstić information content (AvgIpc) is 3.23. The quantitative estimate of drug-likeness (QED) is 0.430. The standard InChI is InChI=1S/C26H26N4O2S/c1-14-18-13-30(25(31)22-24(33-16(3)28-22)17-9-5-4-6-10-17)23(21(14)18)15(2)27-26-29-19-11-7-8-12-20(19)32-26/h4-12,14-15,18,21,23H,13H2,1-3H3,(H,27,29)/t14-,15+,18+,21-,23-/m1/s1. The van der Waals surface area contributed by atoms with Gasteiger partial charge in [0, 0.05) is 12.6 Å². The van der Waals surface area contributed by atoms with Crippen LogP contribution in [0.25, 0.3) is 21.5 Å². The minimum atomic E-state index is 0.00173. The van der Waals surface area contributed by atoms with Gasteiger partial charge in [-0.15, -0.1) is 11.3 Å². The molecule has 1 amide bonds. The molecule has 2 aromatic carbocycles. The third kappa shape index (κ3) is 3.42. The number of anilines is 1. The van der Waals surface area contributed by atoms with Crippen molar-refractivity contribution in [1.29, 1.82) is 0 Å². The molecule has 1 aliphatic carbocycles. The number of rotatable bonds is 5. The fraction of sp³-hybridized carbons (Fsp3) is 0.346. The third-order valence-corrected chi connectivity index (χ3v) is 8.21. The van der Waals surface area contributed by atoms with E-state index in [1.807, 2.05) is 66.4 Å². The predicted octanol–water partition coefficient (Wildman–Crippen LogP) is 5.47. The lowest BCUT2D eigenvalue weighted by molar-refractivity contribution is 0.0676. The Morgan fingerprint density at radius 1 is 1.15 bits per heavy atom. The van der Waals surface area contributed by atoms with E-state index in [1.54, 1.807) is 11.3 Å². The van der Waals surface area contributed by atoms with E-state index in [2.05, 4.69) is 29.1 Å². The highest BCUT2D eigenvalue weighted by molar-refractivity contribution is 7.15. The van der Waals surface area contributed by atoms with Crippen LogP contribution in [0.5, 0.6) is 0 Å². The normalized spacial score (nSPS) is 24.6. The molecule has 2 fully saturated rings. The van der Waals surface area contributed by atoms with Crippen LogP contribution < -0.4 is 5.32 Å². The van der Waals surface area contributed by atoms with E-state index < -0.39 is 0 Å². The summed E-state index contributed by atoms with van der Waals surface area (Å²) in [6.07, 6.45) is 0. The Labute approximate surface area is 196 Å². The highest BCUT2D eigenvalue weighted by Gasteiger charge is 2.61. The Balaban J connectivity index is 1.29. The minimum Gasteiger partial charge on any atom is -0.424 e. The summed E-state index contributed by atoms with van der Waals surface area (Å²) in [5.74, 6) is 1.68. The van der Waals surface area contributed by atoms with Gasteiger partial charge in [0.2, 0.25) is 0 Å². The molecule has 1 saturated carbocycles. The molecule has 4 aromatic rings. The summed E-state index contributed by atoms with van der Waals surface area (Å²) in [7, 11) is 0. The van der Waals surface area contributed by atoms with Crippen molar-refractivity contribution in [2.45, 2.75) is 32.9 Å². The summed E-state index contributed by atoms with van der Waals surface area (Å²) in [5, 5.41) is 4.36. The number of likely N-dealkylation sites (tertiary alicyclic amines) is 1. The van der Waals surface area contributed by atoms with Crippen LogP contribution in [-0.4, -0.2) is 39.4 Å². The zero-order valence-corrected chi connectivity index (χ0v) is 19.7. The number of hydrogen-bond donors (Lipinski definition) is 1. The van der Waals surface area contributed by atoms with Crippen LogP contribution in [0.3, 0.4) is 0 Å². The number of oxazole rings is 1. The monoisotopic (exact) mass is 458 g/mol. The molecule has 1 saturated heterocycles. The Bertz CT molecular complexity index is 1300. The van der Waals surface area contributed by atoms with E-state index >= 15 is 0 Å². The van der Waals surface area contributed by atoms with Crippen molar-refractivity contribution in [2.24, 2.45) is 17.8 Å². The van der Waals surface area contributed by atoms with Gasteiger partial charge >= 0.3 is 0 Å². The smallest absolute Gasteiger partial charge is 0.295 e. The Morgan fingerprint density at radius 2 is 1.91 bits per heavy atom. The van der Waals surface area contributed by atoms with E-state index in [0.29, 0.717) is 29.5 Å². The number of carbonyl (C=O) groups is 1. The highest BCUT2D eigenvalue weighted by atomic mass is 32.1. The maximum absolute atomic E-state index is 13.8. The molecule has 3 heterocycles. The Kier molecular flexibility index (Phi) is 4.76. The summed E-state index contributed by atoms with van der Waals surface area (Å²) in [6, 6.07) is 18.4. The molecule has 0 radical (unpaired) electrons. The fourth-order valence-corrected chi connectivity index (χ4v) is 6.43. The van der Waals surface area contributed by atoms with Crippen molar-refractivity contribution < 1.29 is 9.21 Å². The largest absolute Gasteiger partial charge is 0.424 e. The first-order valence-corrected chi connectivity index (χ1v) is 12.3. The number of thiazole rings is 1. The van der Waals surface area contributed by atoms with Crippen molar-refractivity contribution in [1.82, 2.24) is 14.9 Å². The number of para-hydroxylation sites is 2. The predicted molar refractivity (Wildman–Crippen MR) is 130 cm³/mol. The number of fused-ring (bicyclic) bond motifs is 2. The molecule has 0 bridgehead atoms. The van der Waals surface area contributed by atoms with Crippen molar-refractivity contribution in [3.63, 3.8) is 0 Å². The lowest BCUT2D eigenvalue weighted by atomic mass is 10.0. The topological polar surface area (TPSA) is 71.3 Å². The van der Waals surface area contributed by atoms with E-state index in [1.165, 1.54) is 0 Å². The molecule has 2 aromatic heterocycles. The van der Waals surface area contributed by atoms with Crippen molar-refractivity contribution >= 4 is 34.4 Å². The van der Waals surface area contributed by atoms with Crippen molar-refractivity contribution in [2.75, 3.05) is 11.9 Å². The molecule has 6 nitrogen and oxygen atoms in total. The molecule has 1 aliphatic heterocycles. The van der Waals surface area contributed by atoms with Crippen molar-refractivity contribution in [3.8, 4) is 10.4 Å². The first-order valence-electron chi connectivity index (χ1n) is 11.5. The minimum absolute atomic E-state index is 0.00173. The van der Waals surface area contributed by atoms with E-state index in [9.17, 15) is 4.79 Å². The zero-order chi connectivity index (χ0) is 22.7. The number of benzene rings is 2. The van der Waals surface area contributed by atoms with E-state index in [4.69, 9.17) is 4.42 Å². The molecule has 6 rings (SSSR count). The molecule has 1 N–H and O–H groups in total. The molecular weight excluding hydrogens is 432 g/mol. The third-order valence-electron chi connectivity index (χ3n) is 7.19. The lowest BCUT2D eigenvalue weighted by Gasteiger charge is -2.33. The van der Waals surface area contributed by atoms with E-state index in [0.717, 1.165) is 33.1 Å². The Hall–Kier alpha value is -3.19. The van der Waals surface area contributed by atoms with Gasteiger partial charge in [0.25, 0.3) is 11.9 Å². The van der Waals surface area contributed by atoms with Crippen LogP contribution in [-0.2, 0) is 0 Å². The number of aryl methyl sites for hydroxylation is 1. The number of nitrogens with zero attached hydrogens (tertiary/aromatic N) is 3. The van der Waals surface area contributed by atoms with Crippen LogP contribution >= 0.6 is 11.3 Å². The van der Waals surface area contributed by atoms with Crippen LogP contribution in [0.4, 0.5) is 6.01 Å². The van der Waals surface area contributed by atoms with Crippen LogP contribution in [0.2, 0.25) is 0 Å². The van der Waals surface area contributed by atoms with Gasteiger partial charge in [-0.2, -0.15) is 4.98 Å². The van der Waals surface area contributed by atoms with E-state index in [-0.39, 0.29) is 18.0 Å². The summed E-state index contributed by atoms with van der Waals surface area (Å²) < 4.78 is 5.90. The molecular formula is C26H26N4O2S. The number of carbonyl (C=O) groups excluding carboxylic acids is 1.